The Balaban J connectivity index is 0.991. The molecule has 0 aliphatic carbocycles. The van der Waals surface area contributed by atoms with Crippen LogP contribution < -0.4 is 9.80 Å². The molecule has 5 aromatic carbocycles. The standard InChI is InChI=1S/C44H32N2O4S2/c47-37(29-39(49)41-25-27-43(51-41)45(33-13-5-1-6-14-33)34-15-7-2-8-16-34)31-21-23-32(24-22-31)38(48)30-40(50)42-26-28-44(52-42)46(35-17-9-3-10-18-35)36-19-11-4-12-20-36/h1-28H,29-30H2. The molecular weight excluding hydrogens is 685 g/mol. The van der Waals surface area contributed by atoms with Crippen molar-refractivity contribution < 1.29 is 19.2 Å². The Morgan fingerprint density at radius 2 is 0.635 bits per heavy atom. The van der Waals surface area contributed by atoms with Crippen molar-refractivity contribution in [3.05, 3.63) is 191 Å². The Hall–Kier alpha value is -6.22. The van der Waals surface area contributed by atoms with Gasteiger partial charge in [-0.15, -0.1) is 22.7 Å². The zero-order chi connectivity index (χ0) is 35.9. The largest absolute Gasteiger partial charge is 0.302 e. The molecule has 2 heterocycles. The number of thiophene rings is 2. The zero-order valence-electron chi connectivity index (χ0n) is 27.9. The van der Waals surface area contributed by atoms with Crippen molar-refractivity contribution in [2.45, 2.75) is 12.8 Å². The third kappa shape index (κ3) is 7.73. The number of hydrogen-bond acceptors (Lipinski definition) is 8. The Morgan fingerprint density at radius 3 is 0.923 bits per heavy atom. The molecule has 0 radical (unpaired) electrons. The van der Waals surface area contributed by atoms with Crippen LogP contribution in [0.2, 0.25) is 0 Å². The van der Waals surface area contributed by atoms with E-state index in [1.54, 1.807) is 36.4 Å². The van der Waals surface area contributed by atoms with E-state index >= 15 is 0 Å². The van der Waals surface area contributed by atoms with E-state index < -0.39 is 0 Å². The third-order valence-electron chi connectivity index (χ3n) is 8.40. The van der Waals surface area contributed by atoms with E-state index in [1.165, 1.54) is 22.7 Å². The number of anilines is 6. The molecular formula is C44H32N2O4S2. The van der Waals surface area contributed by atoms with Crippen LogP contribution in [0.4, 0.5) is 32.8 Å². The number of Topliss-reactive ketones (excluding diaryl/α,β-unsaturated/α-hetero) is 4. The van der Waals surface area contributed by atoms with E-state index in [-0.39, 0.29) is 36.0 Å². The fourth-order valence-corrected chi connectivity index (χ4v) is 7.79. The molecule has 254 valence electrons. The van der Waals surface area contributed by atoms with Crippen LogP contribution in [-0.4, -0.2) is 23.1 Å². The van der Waals surface area contributed by atoms with Gasteiger partial charge in [0.05, 0.1) is 22.6 Å². The van der Waals surface area contributed by atoms with Gasteiger partial charge in [-0.05, 0) is 72.8 Å². The molecule has 52 heavy (non-hydrogen) atoms. The number of nitrogens with zero attached hydrogens (tertiary/aromatic N) is 2. The summed E-state index contributed by atoms with van der Waals surface area (Å²) < 4.78 is 0. The van der Waals surface area contributed by atoms with E-state index in [1.807, 2.05) is 133 Å². The Morgan fingerprint density at radius 1 is 0.346 bits per heavy atom. The minimum Gasteiger partial charge on any atom is -0.302 e. The summed E-state index contributed by atoms with van der Waals surface area (Å²) in [6, 6.07) is 53.1. The van der Waals surface area contributed by atoms with Gasteiger partial charge >= 0.3 is 0 Å². The highest BCUT2D eigenvalue weighted by Gasteiger charge is 2.22. The third-order valence-corrected chi connectivity index (χ3v) is 10.6. The lowest BCUT2D eigenvalue weighted by Crippen LogP contribution is -2.10. The average molecular weight is 717 g/mol. The highest BCUT2D eigenvalue weighted by Crippen LogP contribution is 2.40. The van der Waals surface area contributed by atoms with Crippen molar-refractivity contribution in [1.29, 1.82) is 0 Å². The van der Waals surface area contributed by atoms with Gasteiger partial charge in [-0.1, -0.05) is 97.1 Å². The summed E-state index contributed by atoms with van der Waals surface area (Å²) in [6.45, 7) is 0. The first-order valence-electron chi connectivity index (χ1n) is 16.7. The molecule has 0 amide bonds. The van der Waals surface area contributed by atoms with Crippen LogP contribution in [0.25, 0.3) is 0 Å². The Labute approximate surface area is 309 Å². The van der Waals surface area contributed by atoms with Crippen molar-refractivity contribution in [3.8, 4) is 0 Å². The van der Waals surface area contributed by atoms with Crippen LogP contribution >= 0.6 is 22.7 Å². The predicted molar refractivity (Wildman–Crippen MR) is 211 cm³/mol. The minimum absolute atomic E-state index is 0.276. The molecule has 7 aromatic rings. The summed E-state index contributed by atoms with van der Waals surface area (Å²) in [6.07, 6.45) is -0.599. The fourth-order valence-electron chi connectivity index (χ4n) is 5.82. The first kappa shape index (κ1) is 34.2. The van der Waals surface area contributed by atoms with Gasteiger partial charge in [0.15, 0.2) is 23.1 Å². The lowest BCUT2D eigenvalue weighted by atomic mass is 10.0. The SMILES string of the molecule is O=C(CC(=O)c1ccc(N(c2ccccc2)c2ccccc2)s1)c1ccc(C(=O)CC(=O)c2ccc(N(c3ccccc3)c3ccccc3)s2)cc1. The summed E-state index contributed by atoms with van der Waals surface area (Å²) in [5, 5.41) is 1.71. The molecule has 0 atom stereocenters. The number of carbonyl (C=O) groups excluding carboxylic acids is 4. The Kier molecular flexibility index (Phi) is 10.4. The second kappa shape index (κ2) is 15.8. The number of hydrogen-bond donors (Lipinski definition) is 0. The summed E-state index contributed by atoms with van der Waals surface area (Å²) in [5.74, 6) is -1.24. The fraction of sp³-hybridized carbons (Fsp3) is 0.0455. The van der Waals surface area contributed by atoms with Crippen LogP contribution in [0.3, 0.4) is 0 Å². The maximum atomic E-state index is 13.3. The van der Waals surface area contributed by atoms with Crippen LogP contribution in [-0.2, 0) is 0 Å². The van der Waals surface area contributed by atoms with Crippen LogP contribution in [0.1, 0.15) is 52.9 Å². The van der Waals surface area contributed by atoms with Crippen molar-refractivity contribution in [3.63, 3.8) is 0 Å². The molecule has 0 N–H and O–H groups in total. The number of benzene rings is 5. The zero-order valence-corrected chi connectivity index (χ0v) is 29.6. The van der Waals surface area contributed by atoms with Crippen molar-refractivity contribution in [2.75, 3.05) is 9.80 Å². The second-order valence-electron chi connectivity index (χ2n) is 11.9. The number of para-hydroxylation sites is 4. The Bertz CT molecular complexity index is 2070. The van der Waals surface area contributed by atoms with E-state index in [0.29, 0.717) is 20.9 Å². The topological polar surface area (TPSA) is 74.8 Å². The molecule has 8 heteroatoms. The van der Waals surface area contributed by atoms with Gasteiger partial charge in [0.25, 0.3) is 0 Å². The molecule has 6 nitrogen and oxygen atoms in total. The summed E-state index contributed by atoms with van der Waals surface area (Å²) in [4.78, 5) is 57.9. The van der Waals surface area contributed by atoms with Crippen molar-refractivity contribution in [2.24, 2.45) is 0 Å². The van der Waals surface area contributed by atoms with Crippen LogP contribution in [0.15, 0.2) is 170 Å². The predicted octanol–water partition coefficient (Wildman–Crippen LogP) is 11.7. The van der Waals surface area contributed by atoms with Crippen LogP contribution in [0, 0.1) is 0 Å². The van der Waals surface area contributed by atoms with E-state index in [9.17, 15) is 19.2 Å². The quantitative estimate of drug-likeness (QED) is 0.0824. The van der Waals surface area contributed by atoms with Crippen molar-refractivity contribution >= 4 is 78.6 Å². The van der Waals surface area contributed by atoms with Gasteiger partial charge in [0.1, 0.15) is 10.0 Å². The summed E-state index contributed by atoms with van der Waals surface area (Å²) >= 11 is 2.66. The maximum Gasteiger partial charge on any atom is 0.180 e. The number of carbonyl (C=O) groups is 4. The van der Waals surface area contributed by atoms with Gasteiger partial charge < -0.3 is 9.80 Å². The summed E-state index contributed by atoms with van der Waals surface area (Å²) in [7, 11) is 0. The molecule has 0 fully saturated rings. The van der Waals surface area contributed by atoms with E-state index in [4.69, 9.17) is 0 Å². The summed E-state index contributed by atoms with van der Waals surface area (Å²) in [5.41, 5.74) is 4.49. The van der Waals surface area contributed by atoms with Crippen molar-refractivity contribution in [1.82, 2.24) is 0 Å². The molecule has 7 rings (SSSR count). The molecule has 0 aliphatic heterocycles. The first-order valence-corrected chi connectivity index (χ1v) is 18.3. The van der Waals surface area contributed by atoms with Crippen LogP contribution in [0.5, 0.6) is 0 Å². The molecule has 2 aromatic heterocycles. The molecule has 0 aliphatic rings. The average Bonchev–Trinajstić information content (AvgIpc) is 3.88. The lowest BCUT2D eigenvalue weighted by Gasteiger charge is -2.23. The number of ketones is 4. The molecule has 0 saturated carbocycles. The first-order chi connectivity index (χ1) is 25.4. The van der Waals surface area contributed by atoms with Gasteiger partial charge in [-0.3, -0.25) is 19.2 Å². The van der Waals surface area contributed by atoms with E-state index in [2.05, 4.69) is 9.80 Å². The second-order valence-corrected chi connectivity index (χ2v) is 14.0. The van der Waals surface area contributed by atoms with Gasteiger partial charge in [-0.25, -0.2) is 0 Å². The van der Waals surface area contributed by atoms with E-state index in [0.717, 1.165) is 32.8 Å². The highest BCUT2D eigenvalue weighted by molar-refractivity contribution is 7.18. The van der Waals surface area contributed by atoms with Gasteiger partial charge in [0.2, 0.25) is 0 Å². The smallest absolute Gasteiger partial charge is 0.180 e. The monoisotopic (exact) mass is 716 g/mol. The lowest BCUT2D eigenvalue weighted by molar-refractivity contribution is 0.0878. The molecule has 0 spiro atoms. The van der Waals surface area contributed by atoms with Gasteiger partial charge in [-0.2, -0.15) is 0 Å². The minimum atomic E-state index is -0.342. The molecule has 0 unspecified atom stereocenters. The molecule has 0 bridgehead atoms. The van der Waals surface area contributed by atoms with Gasteiger partial charge in [0, 0.05) is 33.9 Å². The molecule has 0 saturated heterocycles. The normalized spacial score (nSPS) is 10.8. The number of rotatable bonds is 14. The highest BCUT2D eigenvalue weighted by atomic mass is 32.1. The maximum absolute atomic E-state index is 13.3.